The summed E-state index contributed by atoms with van der Waals surface area (Å²) in [6.45, 7) is 0.279. The van der Waals surface area contributed by atoms with Crippen molar-refractivity contribution in [2.75, 3.05) is 13.7 Å². The number of ketones is 1. The van der Waals surface area contributed by atoms with E-state index in [0.717, 1.165) is 22.2 Å². The second-order valence-electron chi connectivity index (χ2n) is 7.73. The standard InChI is InChI=1S/C25H21N3O5/c1-32-17-6-7-19-18(12-17)15(14-27-19)8-10-28-22(16-4-2-9-26-13-16)21(24(30)25(28)31)23(29)20-5-3-11-33-20/h2-7,9,11-14,22,27,30H,8,10H2,1H3/t22-/m1/s1. The van der Waals surface area contributed by atoms with Gasteiger partial charge in [-0.15, -0.1) is 0 Å². The van der Waals surface area contributed by atoms with Gasteiger partial charge >= 0.3 is 0 Å². The van der Waals surface area contributed by atoms with Crippen molar-refractivity contribution in [3.63, 3.8) is 0 Å². The molecule has 1 aliphatic rings. The zero-order valence-electron chi connectivity index (χ0n) is 17.8. The Morgan fingerprint density at radius 2 is 2.15 bits per heavy atom. The van der Waals surface area contributed by atoms with Gasteiger partial charge in [-0.2, -0.15) is 0 Å². The number of furan rings is 1. The monoisotopic (exact) mass is 443 g/mol. The molecule has 1 amide bonds. The molecule has 5 rings (SSSR count). The second-order valence-corrected chi connectivity index (χ2v) is 7.73. The van der Waals surface area contributed by atoms with Crippen molar-refractivity contribution in [1.29, 1.82) is 0 Å². The lowest BCUT2D eigenvalue weighted by atomic mass is 9.96. The average molecular weight is 443 g/mol. The first kappa shape index (κ1) is 20.6. The quantitative estimate of drug-likeness (QED) is 0.418. The minimum Gasteiger partial charge on any atom is -0.503 e. The fourth-order valence-corrected chi connectivity index (χ4v) is 4.27. The number of aromatic amines is 1. The lowest BCUT2D eigenvalue weighted by Crippen LogP contribution is -2.33. The van der Waals surface area contributed by atoms with Gasteiger partial charge in [-0.1, -0.05) is 6.07 Å². The number of H-pyrrole nitrogens is 1. The Morgan fingerprint density at radius 3 is 2.88 bits per heavy atom. The molecule has 1 aliphatic heterocycles. The molecule has 2 N–H and O–H groups in total. The van der Waals surface area contributed by atoms with Gasteiger partial charge < -0.3 is 24.1 Å². The van der Waals surface area contributed by atoms with Gasteiger partial charge in [0.05, 0.1) is 25.0 Å². The van der Waals surface area contributed by atoms with Crippen LogP contribution in [0.15, 0.2) is 83.1 Å². The number of Topliss-reactive ketones (excluding diaryl/α,β-unsaturated/α-hetero) is 1. The molecule has 0 aliphatic carbocycles. The van der Waals surface area contributed by atoms with Crippen LogP contribution in [0.2, 0.25) is 0 Å². The predicted molar refractivity (Wildman–Crippen MR) is 120 cm³/mol. The Labute approximate surface area is 189 Å². The molecule has 1 atom stereocenters. The number of aliphatic hydroxyl groups is 1. The maximum atomic E-state index is 13.1. The van der Waals surface area contributed by atoms with Crippen molar-refractivity contribution in [3.8, 4) is 5.75 Å². The molecule has 4 aromatic rings. The number of nitrogens with one attached hydrogen (secondary N) is 1. The second kappa shape index (κ2) is 8.31. The van der Waals surface area contributed by atoms with E-state index in [4.69, 9.17) is 9.15 Å². The highest BCUT2D eigenvalue weighted by atomic mass is 16.5. The number of aromatic nitrogens is 2. The Hall–Kier alpha value is -4.33. The molecule has 0 saturated carbocycles. The number of methoxy groups -OCH3 is 1. The normalized spacial score (nSPS) is 16.1. The first-order valence-electron chi connectivity index (χ1n) is 10.4. The third-order valence-corrected chi connectivity index (χ3v) is 5.89. The largest absolute Gasteiger partial charge is 0.503 e. The van der Waals surface area contributed by atoms with Crippen LogP contribution >= 0.6 is 0 Å². The Morgan fingerprint density at radius 1 is 1.27 bits per heavy atom. The Bertz CT molecular complexity index is 1360. The van der Waals surface area contributed by atoms with Crippen molar-refractivity contribution < 1.29 is 23.8 Å². The number of ether oxygens (including phenoxy) is 1. The van der Waals surface area contributed by atoms with Crippen molar-refractivity contribution >= 4 is 22.6 Å². The Kier molecular flexibility index (Phi) is 5.18. The molecule has 8 heteroatoms. The van der Waals surface area contributed by atoms with Crippen LogP contribution in [0.3, 0.4) is 0 Å². The minimum absolute atomic E-state index is 0.0106. The SMILES string of the molecule is COc1ccc2[nH]cc(CCN3C(=O)C(O)=C(C(=O)c4ccco4)[C@H]3c3cccnc3)c2c1. The number of nitrogens with zero attached hydrogens (tertiary/aromatic N) is 2. The van der Waals surface area contributed by atoms with E-state index in [1.54, 1.807) is 37.7 Å². The average Bonchev–Trinajstić information content (AvgIpc) is 3.57. The number of carbonyl (C=O) groups excluding carboxylic acids is 2. The van der Waals surface area contributed by atoms with Gasteiger partial charge in [-0.05, 0) is 53.9 Å². The topological polar surface area (TPSA) is 109 Å². The van der Waals surface area contributed by atoms with Crippen molar-refractivity contribution in [2.24, 2.45) is 0 Å². The minimum atomic E-state index is -0.774. The first-order valence-corrected chi connectivity index (χ1v) is 10.4. The van der Waals surface area contributed by atoms with Crippen LogP contribution in [-0.2, 0) is 11.2 Å². The van der Waals surface area contributed by atoms with E-state index in [9.17, 15) is 14.7 Å². The summed E-state index contributed by atoms with van der Waals surface area (Å²) in [5.74, 6) is -0.899. The van der Waals surface area contributed by atoms with Crippen LogP contribution in [0.1, 0.15) is 27.7 Å². The predicted octanol–water partition coefficient (Wildman–Crippen LogP) is 3.99. The molecule has 0 radical (unpaired) electrons. The molecule has 0 fully saturated rings. The lowest BCUT2D eigenvalue weighted by molar-refractivity contribution is -0.129. The van der Waals surface area contributed by atoms with Gasteiger partial charge in [0.15, 0.2) is 11.5 Å². The van der Waals surface area contributed by atoms with E-state index in [2.05, 4.69) is 9.97 Å². The highest BCUT2D eigenvalue weighted by Crippen LogP contribution is 2.39. The van der Waals surface area contributed by atoms with Crippen LogP contribution in [0.5, 0.6) is 5.75 Å². The number of aliphatic hydroxyl groups excluding tert-OH is 1. The number of hydrogen-bond acceptors (Lipinski definition) is 6. The zero-order chi connectivity index (χ0) is 22.9. The van der Waals surface area contributed by atoms with Crippen molar-refractivity contribution in [3.05, 3.63) is 95.5 Å². The molecule has 0 bridgehead atoms. The summed E-state index contributed by atoms with van der Waals surface area (Å²) < 4.78 is 10.6. The van der Waals surface area contributed by atoms with E-state index in [0.29, 0.717) is 12.0 Å². The highest BCUT2D eigenvalue weighted by molar-refractivity contribution is 6.15. The summed E-state index contributed by atoms with van der Waals surface area (Å²) in [4.78, 5) is 35.1. The fourth-order valence-electron chi connectivity index (χ4n) is 4.27. The van der Waals surface area contributed by atoms with Crippen molar-refractivity contribution in [2.45, 2.75) is 12.5 Å². The van der Waals surface area contributed by atoms with E-state index < -0.39 is 23.5 Å². The van der Waals surface area contributed by atoms with Gasteiger partial charge in [0.25, 0.3) is 5.91 Å². The lowest BCUT2D eigenvalue weighted by Gasteiger charge is -2.26. The van der Waals surface area contributed by atoms with Gasteiger partial charge in [0.1, 0.15) is 5.75 Å². The Balaban J connectivity index is 1.49. The summed E-state index contributed by atoms with van der Waals surface area (Å²) in [5.41, 5.74) is 2.57. The van der Waals surface area contributed by atoms with Gasteiger partial charge in [-0.3, -0.25) is 14.6 Å². The molecular formula is C25H21N3O5. The number of pyridine rings is 1. The number of rotatable bonds is 7. The van der Waals surface area contributed by atoms with Crippen LogP contribution in [-0.4, -0.2) is 45.3 Å². The van der Waals surface area contributed by atoms with Gasteiger partial charge in [0.2, 0.25) is 5.78 Å². The van der Waals surface area contributed by atoms with Crippen LogP contribution < -0.4 is 4.74 Å². The maximum Gasteiger partial charge on any atom is 0.290 e. The van der Waals surface area contributed by atoms with E-state index in [-0.39, 0.29) is 17.9 Å². The molecule has 0 unspecified atom stereocenters. The summed E-state index contributed by atoms with van der Waals surface area (Å²) in [7, 11) is 1.61. The van der Waals surface area contributed by atoms with E-state index in [1.807, 2.05) is 24.4 Å². The molecule has 8 nitrogen and oxygen atoms in total. The van der Waals surface area contributed by atoms with Gasteiger partial charge in [0, 0.05) is 36.0 Å². The fraction of sp³-hybridized carbons (Fsp3) is 0.160. The van der Waals surface area contributed by atoms with Crippen LogP contribution in [0.4, 0.5) is 0 Å². The molecule has 0 spiro atoms. The number of benzene rings is 1. The summed E-state index contributed by atoms with van der Waals surface area (Å²) >= 11 is 0. The number of amides is 1. The highest BCUT2D eigenvalue weighted by Gasteiger charge is 2.44. The first-order chi connectivity index (χ1) is 16.1. The summed E-state index contributed by atoms with van der Waals surface area (Å²) in [6, 6.07) is 11.6. The zero-order valence-corrected chi connectivity index (χ0v) is 17.8. The molecule has 166 valence electrons. The molecular weight excluding hydrogens is 422 g/mol. The maximum absolute atomic E-state index is 13.1. The third kappa shape index (κ3) is 3.55. The van der Waals surface area contributed by atoms with E-state index >= 15 is 0 Å². The van der Waals surface area contributed by atoms with Gasteiger partial charge in [-0.25, -0.2) is 0 Å². The van der Waals surface area contributed by atoms with Crippen LogP contribution in [0.25, 0.3) is 10.9 Å². The summed E-state index contributed by atoms with van der Waals surface area (Å²) in [6.07, 6.45) is 6.98. The number of hydrogen-bond donors (Lipinski definition) is 2. The number of fused-ring (bicyclic) bond motifs is 1. The van der Waals surface area contributed by atoms with Crippen LogP contribution in [0, 0.1) is 0 Å². The van der Waals surface area contributed by atoms with Crippen molar-refractivity contribution in [1.82, 2.24) is 14.9 Å². The molecule has 0 saturated heterocycles. The number of carbonyl (C=O) groups is 2. The summed E-state index contributed by atoms with van der Waals surface area (Å²) in [5, 5.41) is 11.7. The molecule has 1 aromatic carbocycles. The molecule has 4 heterocycles. The molecule has 33 heavy (non-hydrogen) atoms. The molecule has 3 aromatic heterocycles. The third-order valence-electron chi connectivity index (χ3n) is 5.89. The smallest absolute Gasteiger partial charge is 0.290 e. The van der Waals surface area contributed by atoms with E-state index in [1.165, 1.54) is 17.2 Å².